The van der Waals surface area contributed by atoms with E-state index in [1.54, 1.807) is 18.6 Å². The quantitative estimate of drug-likeness (QED) is 0.705. The first-order valence-corrected chi connectivity index (χ1v) is 5.37. The molecule has 3 aromatic heterocycles. The summed E-state index contributed by atoms with van der Waals surface area (Å²) in [5.74, 6) is 0.410. The standard InChI is InChI=1S/C12H10N6/c13-12-10(9-3-1-2-4-16-9)11(17-18-12)8-5-14-7-15-6-8/h1-7H,(H3,13,17,18). The van der Waals surface area contributed by atoms with Crippen LogP contribution in [0.25, 0.3) is 22.5 Å². The lowest BCUT2D eigenvalue weighted by atomic mass is 10.1. The highest BCUT2D eigenvalue weighted by molar-refractivity contribution is 5.85. The summed E-state index contributed by atoms with van der Waals surface area (Å²) < 4.78 is 0. The maximum Gasteiger partial charge on any atom is 0.155 e. The van der Waals surface area contributed by atoms with Crippen LogP contribution in [0.15, 0.2) is 43.1 Å². The predicted molar refractivity (Wildman–Crippen MR) is 67.3 cm³/mol. The molecule has 3 N–H and O–H groups in total. The van der Waals surface area contributed by atoms with Gasteiger partial charge in [-0.1, -0.05) is 6.07 Å². The number of hydrogen-bond donors (Lipinski definition) is 2. The molecule has 0 atom stereocenters. The highest BCUT2D eigenvalue weighted by atomic mass is 15.2. The van der Waals surface area contributed by atoms with Gasteiger partial charge in [0, 0.05) is 24.2 Å². The molecule has 0 aliphatic heterocycles. The van der Waals surface area contributed by atoms with Gasteiger partial charge in [0.1, 0.15) is 6.33 Å². The summed E-state index contributed by atoms with van der Waals surface area (Å²) in [6, 6.07) is 5.64. The number of hydrogen-bond acceptors (Lipinski definition) is 5. The van der Waals surface area contributed by atoms with Gasteiger partial charge < -0.3 is 5.73 Å². The van der Waals surface area contributed by atoms with Gasteiger partial charge in [0.25, 0.3) is 0 Å². The number of pyridine rings is 1. The van der Waals surface area contributed by atoms with Gasteiger partial charge in [-0.3, -0.25) is 10.1 Å². The molecule has 0 unspecified atom stereocenters. The average molecular weight is 238 g/mol. The van der Waals surface area contributed by atoms with Gasteiger partial charge in [0.2, 0.25) is 0 Å². The molecular formula is C12H10N6. The lowest BCUT2D eigenvalue weighted by Crippen LogP contribution is -1.91. The van der Waals surface area contributed by atoms with E-state index in [9.17, 15) is 0 Å². The van der Waals surface area contributed by atoms with Crippen molar-refractivity contribution in [3.63, 3.8) is 0 Å². The third-order valence-electron chi connectivity index (χ3n) is 2.56. The Kier molecular flexibility index (Phi) is 2.45. The van der Waals surface area contributed by atoms with Crippen LogP contribution in [-0.2, 0) is 0 Å². The first-order valence-electron chi connectivity index (χ1n) is 5.37. The molecule has 3 rings (SSSR count). The lowest BCUT2D eigenvalue weighted by molar-refractivity contribution is 1.09. The first-order chi connectivity index (χ1) is 8.86. The van der Waals surface area contributed by atoms with Crippen LogP contribution in [0.3, 0.4) is 0 Å². The SMILES string of the molecule is Nc1n[nH]c(-c2cncnc2)c1-c1ccccn1. The molecular weight excluding hydrogens is 228 g/mol. The summed E-state index contributed by atoms with van der Waals surface area (Å²) in [7, 11) is 0. The van der Waals surface area contributed by atoms with Crippen LogP contribution >= 0.6 is 0 Å². The topological polar surface area (TPSA) is 93.4 Å². The Morgan fingerprint density at radius 2 is 1.94 bits per heavy atom. The molecule has 88 valence electrons. The number of H-pyrrole nitrogens is 1. The van der Waals surface area contributed by atoms with Crippen LogP contribution in [0.2, 0.25) is 0 Å². The Morgan fingerprint density at radius 3 is 2.67 bits per heavy atom. The molecule has 0 bridgehead atoms. The number of nitrogen functional groups attached to an aromatic ring is 1. The molecule has 0 aliphatic rings. The highest BCUT2D eigenvalue weighted by Crippen LogP contribution is 2.32. The maximum atomic E-state index is 5.89. The van der Waals surface area contributed by atoms with Gasteiger partial charge in [0.05, 0.1) is 17.0 Å². The smallest absolute Gasteiger partial charge is 0.155 e. The number of rotatable bonds is 2. The number of nitrogens with one attached hydrogen (secondary N) is 1. The monoisotopic (exact) mass is 238 g/mol. The van der Waals surface area contributed by atoms with E-state index in [1.807, 2.05) is 18.2 Å². The summed E-state index contributed by atoms with van der Waals surface area (Å²) >= 11 is 0. The molecule has 6 nitrogen and oxygen atoms in total. The zero-order valence-electron chi connectivity index (χ0n) is 9.41. The average Bonchev–Trinajstić information content (AvgIpc) is 2.83. The van der Waals surface area contributed by atoms with Crippen LogP contribution in [0, 0.1) is 0 Å². The van der Waals surface area contributed by atoms with Crippen molar-refractivity contribution in [2.75, 3.05) is 5.73 Å². The van der Waals surface area contributed by atoms with Crippen LogP contribution in [-0.4, -0.2) is 25.1 Å². The Morgan fingerprint density at radius 1 is 1.11 bits per heavy atom. The fourth-order valence-corrected chi connectivity index (χ4v) is 1.76. The second-order valence-electron chi connectivity index (χ2n) is 3.70. The summed E-state index contributed by atoms with van der Waals surface area (Å²) in [4.78, 5) is 12.3. The Hall–Kier alpha value is -2.76. The molecule has 3 heterocycles. The van der Waals surface area contributed by atoms with Crippen molar-refractivity contribution in [3.8, 4) is 22.5 Å². The van der Waals surface area contributed by atoms with Crippen molar-refractivity contribution in [1.29, 1.82) is 0 Å². The second kappa shape index (κ2) is 4.25. The predicted octanol–water partition coefficient (Wildman–Crippen LogP) is 1.51. The molecule has 0 radical (unpaired) electrons. The van der Waals surface area contributed by atoms with Gasteiger partial charge in [-0.15, -0.1) is 0 Å². The van der Waals surface area contributed by atoms with Crippen LogP contribution in [0.1, 0.15) is 0 Å². The van der Waals surface area contributed by atoms with Crippen LogP contribution in [0.5, 0.6) is 0 Å². The van der Waals surface area contributed by atoms with E-state index in [-0.39, 0.29) is 0 Å². The third-order valence-corrected chi connectivity index (χ3v) is 2.56. The Balaban J connectivity index is 2.19. The molecule has 18 heavy (non-hydrogen) atoms. The summed E-state index contributed by atoms with van der Waals surface area (Å²) in [6.07, 6.45) is 6.59. The summed E-state index contributed by atoms with van der Waals surface area (Å²) in [5.41, 5.74) is 9.01. The van der Waals surface area contributed by atoms with E-state index in [4.69, 9.17) is 5.73 Å². The van der Waals surface area contributed by atoms with Gasteiger partial charge in [-0.05, 0) is 12.1 Å². The summed E-state index contributed by atoms with van der Waals surface area (Å²) in [6.45, 7) is 0. The minimum Gasteiger partial charge on any atom is -0.382 e. The molecule has 0 amide bonds. The molecule has 0 aromatic carbocycles. The number of anilines is 1. The van der Waals surface area contributed by atoms with Gasteiger partial charge in [0.15, 0.2) is 5.82 Å². The largest absolute Gasteiger partial charge is 0.382 e. The molecule has 0 saturated heterocycles. The minimum atomic E-state index is 0.410. The molecule has 0 fully saturated rings. The van der Waals surface area contributed by atoms with Crippen molar-refractivity contribution < 1.29 is 0 Å². The van der Waals surface area contributed by atoms with Gasteiger partial charge >= 0.3 is 0 Å². The zero-order chi connectivity index (χ0) is 12.4. The van der Waals surface area contributed by atoms with Crippen molar-refractivity contribution in [1.82, 2.24) is 25.1 Å². The fourth-order valence-electron chi connectivity index (χ4n) is 1.76. The molecule has 0 aliphatic carbocycles. The third kappa shape index (κ3) is 1.69. The maximum absolute atomic E-state index is 5.89. The first kappa shape index (κ1) is 10.4. The minimum absolute atomic E-state index is 0.410. The molecule has 0 spiro atoms. The molecule has 3 aromatic rings. The van der Waals surface area contributed by atoms with E-state index >= 15 is 0 Å². The van der Waals surface area contributed by atoms with Crippen molar-refractivity contribution in [2.24, 2.45) is 0 Å². The van der Waals surface area contributed by atoms with Gasteiger partial charge in [-0.25, -0.2) is 9.97 Å². The Labute approximate surface area is 103 Å². The normalized spacial score (nSPS) is 10.4. The van der Waals surface area contributed by atoms with E-state index in [0.717, 1.165) is 22.5 Å². The van der Waals surface area contributed by atoms with E-state index in [2.05, 4.69) is 25.1 Å². The Bertz CT molecular complexity index is 647. The van der Waals surface area contributed by atoms with Crippen LogP contribution in [0.4, 0.5) is 5.82 Å². The van der Waals surface area contributed by atoms with Gasteiger partial charge in [-0.2, -0.15) is 5.10 Å². The number of nitrogens with zero attached hydrogens (tertiary/aromatic N) is 4. The molecule has 0 saturated carbocycles. The highest BCUT2D eigenvalue weighted by Gasteiger charge is 2.15. The summed E-state index contributed by atoms with van der Waals surface area (Å²) in [5, 5.41) is 6.92. The van der Waals surface area contributed by atoms with Crippen molar-refractivity contribution in [2.45, 2.75) is 0 Å². The van der Waals surface area contributed by atoms with Crippen LogP contribution < -0.4 is 5.73 Å². The number of aromatic amines is 1. The zero-order valence-corrected chi connectivity index (χ0v) is 9.41. The number of aromatic nitrogens is 5. The van der Waals surface area contributed by atoms with E-state index in [1.165, 1.54) is 6.33 Å². The van der Waals surface area contributed by atoms with E-state index < -0.39 is 0 Å². The fraction of sp³-hybridized carbons (Fsp3) is 0. The second-order valence-corrected chi connectivity index (χ2v) is 3.70. The number of nitrogens with two attached hydrogens (primary N) is 1. The molecule has 6 heteroatoms. The van der Waals surface area contributed by atoms with E-state index in [0.29, 0.717) is 5.82 Å². The van der Waals surface area contributed by atoms with Crippen molar-refractivity contribution >= 4 is 5.82 Å². The van der Waals surface area contributed by atoms with Crippen molar-refractivity contribution in [3.05, 3.63) is 43.1 Å². The lowest BCUT2D eigenvalue weighted by Gasteiger charge is -2.02.